The number of aryl methyl sites for hydroxylation is 1. The van der Waals surface area contributed by atoms with Gasteiger partial charge in [0.05, 0.1) is 5.75 Å². The van der Waals surface area contributed by atoms with Gasteiger partial charge in [-0.3, -0.25) is 14.4 Å². The summed E-state index contributed by atoms with van der Waals surface area (Å²) in [6.45, 7) is 1.90. The maximum atomic E-state index is 13.1. The smallest absolute Gasteiger partial charge is 0.272 e. The Balaban J connectivity index is 1.36. The Labute approximate surface area is 234 Å². The molecule has 4 rings (SSSR count). The van der Waals surface area contributed by atoms with Crippen molar-refractivity contribution < 1.29 is 14.4 Å². The molecule has 192 valence electrons. The summed E-state index contributed by atoms with van der Waals surface area (Å²) >= 11 is 8.95. The van der Waals surface area contributed by atoms with E-state index in [1.807, 2.05) is 54.8 Å². The number of hydrogen-bond acceptors (Lipinski definition) is 5. The second-order valence-corrected chi connectivity index (χ2v) is 10.6. The molecule has 3 N–H and O–H groups in total. The van der Waals surface area contributed by atoms with E-state index in [1.54, 1.807) is 48.5 Å². The molecule has 0 aliphatic rings. The van der Waals surface area contributed by atoms with Gasteiger partial charge >= 0.3 is 0 Å². The SMILES string of the molecule is Cc1ccc(NC(=O)CSc2ccc(NC(=O)/C(=C/c3cccs3)NC(=O)c3ccccc3)cc2)cc1Cl. The first-order valence-corrected chi connectivity index (χ1v) is 13.8. The highest BCUT2D eigenvalue weighted by Crippen LogP contribution is 2.23. The summed E-state index contributed by atoms with van der Waals surface area (Å²) in [5, 5.41) is 10.9. The summed E-state index contributed by atoms with van der Waals surface area (Å²) in [7, 11) is 0. The van der Waals surface area contributed by atoms with Crippen LogP contribution in [0.5, 0.6) is 0 Å². The van der Waals surface area contributed by atoms with Gasteiger partial charge in [0.1, 0.15) is 5.70 Å². The second kappa shape index (κ2) is 13.1. The normalized spacial score (nSPS) is 11.1. The van der Waals surface area contributed by atoms with Gasteiger partial charge in [-0.25, -0.2) is 0 Å². The molecule has 0 saturated carbocycles. The Morgan fingerprint density at radius 2 is 1.63 bits per heavy atom. The molecule has 0 atom stereocenters. The summed E-state index contributed by atoms with van der Waals surface area (Å²) in [4.78, 5) is 39.8. The summed E-state index contributed by atoms with van der Waals surface area (Å²) in [5.41, 5.74) is 2.74. The highest BCUT2D eigenvalue weighted by atomic mass is 35.5. The number of amides is 3. The first kappa shape index (κ1) is 27.2. The lowest BCUT2D eigenvalue weighted by Gasteiger charge is -2.11. The van der Waals surface area contributed by atoms with E-state index in [4.69, 9.17) is 11.6 Å². The molecule has 6 nitrogen and oxygen atoms in total. The minimum absolute atomic E-state index is 0.132. The minimum atomic E-state index is -0.445. The molecule has 0 radical (unpaired) electrons. The number of anilines is 2. The third-order valence-electron chi connectivity index (χ3n) is 5.30. The van der Waals surface area contributed by atoms with Crippen LogP contribution in [-0.4, -0.2) is 23.5 Å². The van der Waals surface area contributed by atoms with Crippen LogP contribution in [0.3, 0.4) is 0 Å². The van der Waals surface area contributed by atoms with E-state index in [0.717, 1.165) is 15.3 Å². The first-order chi connectivity index (χ1) is 18.4. The predicted octanol–water partition coefficient (Wildman–Crippen LogP) is 6.85. The zero-order chi connectivity index (χ0) is 26.9. The van der Waals surface area contributed by atoms with Crippen molar-refractivity contribution in [2.45, 2.75) is 11.8 Å². The zero-order valence-corrected chi connectivity index (χ0v) is 22.8. The van der Waals surface area contributed by atoms with Crippen LogP contribution in [0.4, 0.5) is 11.4 Å². The lowest BCUT2D eigenvalue weighted by atomic mass is 10.2. The first-order valence-electron chi connectivity index (χ1n) is 11.6. The molecule has 3 aromatic carbocycles. The topological polar surface area (TPSA) is 87.3 Å². The van der Waals surface area contributed by atoms with Crippen LogP contribution in [0.15, 0.2) is 101 Å². The number of benzene rings is 3. The highest BCUT2D eigenvalue weighted by Gasteiger charge is 2.15. The fourth-order valence-electron chi connectivity index (χ4n) is 3.31. The monoisotopic (exact) mass is 561 g/mol. The number of carbonyl (C=O) groups excluding carboxylic acids is 3. The Hall–Kier alpha value is -3.85. The van der Waals surface area contributed by atoms with Gasteiger partial charge in [-0.2, -0.15) is 0 Å². The fraction of sp³-hybridized carbons (Fsp3) is 0.0690. The number of rotatable bonds is 9. The molecule has 0 aliphatic heterocycles. The quantitative estimate of drug-likeness (QED) is 0.154. The van der Waals surface area contributed by atoms with Crippen molar-refractivity contribution in [1.82, 2.24) is 5.32 Å². The van der Waals surface area contributed by atoms with Gasteiger partial charge in [0.25, 0.3) is 11.8 Å². The van der Waals surface area contributed by atoms with E-state index in [2.05, 4.69) is 16.0 Å². The second-order valence-electron chi connectivity index (χ2n) is 8.17. The summed E-state index contributed by atoms with van der Waals surface area (Å²) in [5.74, 6) is -0.748. The standard InChI is InChI=1S/C29H24ClN3O3S2/c1-19-9-10-22(16-25(19)30)31-27(34)18-38-23-13-11-21(12-14-23)32-29(36)26(17-24-8-5-15-37-24)33-28(35)20-6-3-2-4-7-20/h2-17H,18H2,1H3,(H,31,34)(H,32,36)(H,33,35)/b26-17-. The average Bonchev–Trinajstić information content (AvgIpc) is 3.44. The van der Waals surface area contributed by atoms with Crippen molar-refractivity contribution in [2.24, 2.45) is 0 Å². The lowest BCUT2D eigenvalue weighted by molar-refractivity contribution is -0.114. The summed E-state index contributed by atoms with van der Waals surface area (Å²) in [6.07, 6.45) is 1.64. The van der Waals surface area contributed by atoms with Crippen LogP contribution in [0, 0.1) is 6.92 Å². The molecule has 0 aliphatic carbocycles. The molecule has 3 amide bonds. The fourth-order valence-corrected chi connectivity index (χ4v) is 4.84. The van der Waals surface area contributed by atoms with Crippen molar-refractivity contribution in [2.75, 3.05) is 16.4 Å². The number of hydrogen-bond donors (Lipinski definition) is 3. The molecular weight excluding hydrogens is 538 g/mol. The zero-order valence-electron chi connectivity index (χ0n) is 20.4. The Morgan fingerprint density at radius 3 is 2.32 bits per heavy atom. The van der Waals surface area contributed by atoms with Crippen LogP contribution in [0.2, 0.25) is 5.02 Å². The van der Waals surface area contributed by atoms with Gasteiger partial charge in [0.2, 0.25) is 5.91 Å². The van der Waals surface area contributed by atoms with Crippen molar-refractivity contribution in [3.8, 4) is 0 Å². The molecule has 38 heavy (non-hydrogen) atoms. The molecular formula is C29H24ClN3O3S2. The number of halogens is 1. The molecule has 1 aromatic heterocycles. The highest BCUT2D eigenvalue weighted by molar-refractivity contribution is 8.00. The van der Waals surface area contributed by atoms with Crippen molar-refractivity contribution in [3.05, 3.63) is 117 Å². The van der Waals surface area contributed by atoms with Crippen molar-refractivity contribution in [1.29, 1.82) is 0 Å². The molecule has 0 spiro atoms. The Bertz CT molecular complexity index is 1450. The van der Waals surface area contributed by atoms with E-state index in [1.165, 1.54) is 23.1 Å². The van der Waals surface area contributed by atoms with E-state index >= 15 is 0 Å². The molecule has 1 heterocycles. The van der Waals surface area contributed by atoms with E-state index in [-0.39, 0.29) is 23.3 Å². The summed E-state index contributed by atoms with van der Waals surface area (Å²) in [6, 6.07) is 25.0. The molecule has 0 unspecified atom stereocenters. The molecule has 9 heteroatoms. The van der Waals surface area contributed by atoms with Crippen molar-refractivity contribution >= 4 is 69.9 Å². The van der Waals surface area contributed by atoms with Gasteiger partial charge < -0.3 is 16.0 Å². The van der Waals surface area contributed by atoms with Crippen LogP contribution < -0.4 is 16.0 Å². The van der Waals surface area contributed by atoms with Crippen LogP contribution >= 0.6 is 34.7 Å². The summed E-state index contributed by atoms with van der Waals surface area (Å²) < 4.78 is 0. The van der Waals surface area contributed by atoms with Gasteiger partial charge in [-0.05, 0) is 78.5 Å². The van der Waals surface area contributed by atoms with Crippen molar-refractivity contribution in [3.63, 3.8) is 0 Å². The van der Waals surface area contributed by atoms with Crippen LogP contribution in [-0.2, 0) is 9.59 Å². The van der Waals surface area contributed by atoms with E-state index < -0.39 is 5.91 Å². The van der Waals surface area contributed by atoms with Crippen LogP contribution in [0.1, 0.15) is 20.8 Å². The predicted molar refractivity (Wildman–Crippen MR) is 157 cm³/mol. The molecule has 0 saturated heterocycles. The number of nitrogens with one attached hydrogen (secondary N) is 3. The largest absolute Gasteiger partial charge is 0.325 e. The third kappa shape index (κ3) is 7.82. The maximum Gasteiger partial charge on any atom is 0.272 e. The third-order valence-corrected chi connectivity index (χ3v) is 7.53. The van der Waals surface area contributed by atoms with Crippen LogP contribution in [0.25, 0.3) is 6.08 Å². The molecule has 4 aromatic rings. The molecule has 0 fully saturated rings. The molecule has 0 bridgehead atoms. The van der Waals surface area contributed by atoms with E-state index in [0.29, 0.717) is 22.0 Å². The Kier molecular flexibility index (Phi) is 9.37. The number of thiophene rings is 1. The maximum absolute atomic E-state index is 13.1. The van der Waals surface area contributed by atoms with Gasteiger partial charge in [-0.15, -0.1) is 23.1 Å². The van der Waals surface area contributed by atoms with Gasteiger partial charge in [-0.1, -0.05) is 41.9 Å². The lowest BCUT2D eigenvalue weighted by Crippen LogP contribution is -2.30. The van der Waals surface area contributed by atoms with E-state index in [9.17, 15) is 14.4 Å². The average molecular weight is 562 g/mol. The number of carbonyl (C=O) groups is 3. The van der Waals surface area contributed by atoms with Gasteiger partial charge in [0, 0.05) is 31.7 Å². The van der Waals surface area contributed by atoms with Gasteiger partial charge in [0.15, 0.2) is 0 Å². The Morgan fingerprint density at radius 1 is 0.895 bits per heavy atom. The number of thioether (sulfide) groups is 1. The minimum Gasteiger partial charge on any atom is -0.325 e.